The molecule has 2 rings (SSSR count). The Morgan fingerprint density at radius 3 is 2.90 bits per heavy atom. The van der Waals surface area contributed by atoms with Gasteiger partial charge in [-0.25, -0.2) is 4.98 Å². The minimum Gasteiger partial charge on any atom is -0.476 e. The summed E-state index contributed by atoms with van der Waals surface area (Å²) in [6.45, 7) is 7.02. The van der Waals surface area contributed by atoms with Crippen LogP contribution in [0.2, 0.25) is 0 Å². The molecule has 5 nitrogen and oxygen atoms in total. The lowest BCUT2D eigenvalue weighted by molar-refractivity contribution is 0.306. The third-order valence-corrected chi connectivity index (χ3v) is 3.99. The summed E-state index contributed by atoms with van der Waals surface area (Å²) in [4.78, 5) is 10.8. The van der Waals surface area contributed by atoms with Crippen LogP contribution in [-0.4, -0.2) is 29.7 Å². The van der Waals surface area contributed by atoms with Crippen LogP contribution in [0.25, 0.3) is 0 Å². The second kappa shape index (κ2) is 7.31. The van der Waals surface area contributed by atoms with Crippen molar-refractivity contribution < 1.29 is 4.74 Å². The predicted octanol–water partition coefficient (Wildman–Crippen LogP) is 2.86. The zero-order valence-electron chi connectivity index (χ0n) is 12.6. The summed E-state index contributed by atoms with van der Waals surface area (Å²) in [6, 6.07) is 0. The van der Waals surface area contributed by atoms with Crippen molar-refractivity contribution in [2.45, 2.75) is 46.0 Å². The third-order valence-electron chi connectivity index (χ3n) is 3.99. The molecule has 2 N–H and O–H groups in total. The number of hydrogen-bond donors (Lipinski definition) is 1. The first-order valence-corrected chi connectivity index (χ1v) is 7.74. The average Bonchev–Trinajstić information content (AvgIpc) is 2.71. The highest BCUT2D eigenvalue weighted by atomic mass is 16.5. The highest BCUT2D eigenvalue weighted by Gasteiger charge is 2.20. The smallest absolute Gasteiger partial charge is 0.242 e. The van der Waals surface area contributed by atoms with Crippen LogP contribution >= 0.6 is 0 Å². The Bertz CT molecular complexity index is 424. The van der Waals surface area contributed by atoms with Crippen molar-refractivity contribution in [1.29, 1.82) is 0 Å². The molecule has 1 aliphatic rings. The van der Waals surface area contributed by atoms with Crippen molar-refractivity contribution in [3.63, 3.8) is 0 Å². The van der Waals surface area contributed by atoms with E-state index >= 15 is 0 Å². The van der Waals surface area contributed by atoms with Gasteiger partial charge in [0.15, 0.2) is 5.82 Å². The zero-order valence-corrected chi connectivity index (χ0v) is 12.6. The van der Waals surface area contributed by atoms with E-state index in [-0.39, 0.29) is 0 Å². The maximum Gasteiger partial charge on any atom is 0.242 e. The Balaban J connectivity index is 2.11. The number of aromatic nitrogens is 2. The number of nitrogens with two attached hydrogens (primary N) is 1. The highest BCUT2D eigenvalue weighted by Crippen LogP contribution is 2.30. The van der Waals surface area contributed by atoms with Crippen LogP contribution in [-0.2, 0) is 0 Å². The molecule has 0 bridgehead atoms. The maximum atomic E-state index is 6.18. The molecule has 1 aromatic heterocycles. The first-order valence-electron chi connectivity index (χ1n) is 7.74. The monoisotopic (exact) mass is 278 g/mol. The number of hydrogen-bond acceptors (Lipinski definition) is 5. The molecule has 0 aromatic carbocycles. The van der Waals surface area contributed by atoms with Gasteiger partial charge in [0.1, 0.15) is 12.0 Å². The van der Waals surface area contributed by atoms with Gasteiger partial charge in [-0.15, -0.1) is 0 Å². The van der Waals surface area contributed by atoms with Crippen molar-refractivity contribution in [1.82, 2.24) is 9.97 Å². The van der Waals surface area contributed by atoms with Gasteiger partial charge in [0.2, 0.25) is 5.88 Å². The topological polar surface area (TPSA) is 64.3 Å². The summed E-state index contributed by atoms with van der Waals surface area (Å²) in [6.07, 6.45) is 7.48. The van der Waals surface area contributed by atoms with E-state index in [1.807, 2.05) is 0 Å². The van der Waals surface area contributed by atoms with Crippen molar-refractivity contribution in [3.8, 4) is 5.88 Å². The Labute approximate surface area is 121 Å². The fraction of sp³-hybridized carbons (Fsp3) is 0.733. The molecule has 112 valence electrons. The van der Waals surface area contributed by atoms with E-state index in [1.165, 1.54) is 25.7 Å². The number of anilines is 2. The molecule has 1 aromatic rings. The molecule has 2 heterocycles. The Morgan fingerprint density at radius 2 is 2.15 bits per heavy atom. The van der Waals surface area contributed by atoms with Crippen LogP contribution in [0.3, 0.4) is 0 Å². The van der Waals surface area contributed by atoms with Crippen LogP contribution in [0.15, 0.2) is 6.33 Å². The number of nitrogen functional groups attached to an aromatic ring is 1. The second-order valence-corrected chi connectivity index (χ2v) is 5.46. The van der Waals surface area contributed by atoms with Crippen LogP contribution in [0.1, 0.15) is 46.0 Å². The summed E-state index contributed by atoms with van der Waals surface area (Å²) < 4.78 is 5.59. The van der Waals surface area contributed by atoms with Gasteiger partial charge >= 0.3 is 0 Å². The van der Waals surface area contributed by atoms with Crippen molar-refractivity contribution in [3.05, 3.63) is 6.33 Å². The third kappa shape index (κ3) is 3.52. The van der Waals surface area contributed by atoms with Gasteiger partial charge in [-0.1, -0.05) is 20.3 Å². The molecular weight excluding hydrogens is 252 g/mol. The molecular formula is C15H26N4O. The van der Waals surface area contributed by atoms with E-state index < -0.39 is 0 Å². The lowest BCUT2D eigenvalue weighted by Crippen LogP contribution is -2.26. The maximum absolute atomic E-state index is 6.18. The number of nitrogens with zero attached hydrogens (tertiary/aromatic N) is 3. The standard InChI is InChI=1S/C15H26N4O/c1-3-10-20-15-13(16)14(17-11-18-15)19-8-5-6-12(4-2)7-9-19/h11-12H,3-10,16H2,1-2H3. The fourth-order valence-corrected chi connectivity index (χ4v) is 2.72. The van der Waals surface area contributed by atoms with Gasteiger partial charge in [-0.2, -0.15) is 4.98 Å². The Morgan fingerprint density at radius 1 is 1.30 bits per heavy atom. The van der Waals surface area contributed by atoms with E-state index in [2.05, 4.69) is 28.7 Å². The average molecular weight is 278 g/mol. The summed E-state index contributed by atoms with van der Waals surface area (Å²) in [5.41, 5.74) is 6.76. The molecule has 1 fully saturated rings. The minimum atomic E-state index is 0.521. The molecule has 0 aliphatic carbocycles. The van der Waals surface area contributed by atoms with E-state index in [0.717, 1.165) is 31.2 Å². The van der Waals surface area contributed by atoms with Gasteiger partial charge < -0.3 is 15.4 Å². The molecule has 1 atom stereocenters. The van der Waals surface area contributed by atoms with Gasteiger partial charge in [0.25, 0.3) is 0 Å². The summed E-state index contributed by atoms with van der Waals surface area (Å²) in [5, 5.41) is 0. The predicted molar refractivity (Wildman–Crippen MR) is 82.1 cm³/mol. The first kappa shape index (κ1) is 14.9. The van der Waals surface area contributed by atoms with E-state index in [9.17, 15) is 0 Å². The molecule has 1 unspecified atom stereocenters. The molecule has 0 saturated carbocycles. The second-order valence-electron chi connectivity index (χ2n) is 5.46. The van der Waals surface area contributed by atoms with Crippen molar-refractivity contribution in [2.24, 2.45) is 5.92 Å². The largest absolute Gasteiger partial charge is 0.476 e. The van der Waals surface area contributed by atoms with Gasteiger partial charge in [-0.05, 0) is 31.6 Å². The van der Waals surface area contributed by atoms with E-state index in [0.29, 0.717) is 18.2 Å². The Kier molecular flexibility index (Phi) is 5.44. The van der Waals surface area contributed by atoms with Crippen LogP contribution in [0, 0.1) is 5.92 Å². The van der Waals surface area contributed by atoms with Gasteiger partial charge in [0.05, 0.1) is 6.61 Å². The van der Waals surface area contributed by atoms with Gasteiger partial charge in [-0.3, -0.25) is 0 Å². The molecule has 1 aliphatic heterocycles. The molecule has 0 amide bonds. The molecule has 0 spiro atoms. The van der Waals surface area contributed by atoms with E-state index in [1.54, 1.807) is 6.33 Å². The number of ether oxygens (including phenoxy) is 1. The van der Waals surface area contributed by atoms with E-state index in [4.69, 9.17) is 10.5 Å². The quantitative estimate of drug-likeness (QED) is 0.897. The molecule has 1 saturated heterocycles. The SMILES string of the molecule is CCCOc1ncnc(N2CCCC(CC)CC2)c1N. The summed E-state index contributed by atoms with van der Waals surface area (Å²) >= 11 is 0. The van der Waals surface area contributed by atoms with Crippen LogP contribution in [0.5, 0.6) is 5.88 Å². The zero-order chi connectivity index (χ0) is 14.4. The molecule has 20 heavy (non-hydrogen) atoms. The van der Waals surface area contributed by atoms with Crippen LogP contribution in [0.4, 0.5) is 11.5 Å². The van der Waals surface area contributed by atoms with Crippen molar-refractivity contribution >= 4 is 11.5 Å². The van der Waals surface area contributed by atoms with Crippen LogP contribution < -0.4 is 15.4 Å². The van der Waals surface area contributed by atoms with Gasteiger partial charge in [0, 0.05) is 13.1 Å². The highest BCUT2D eigenvalue weighted by molar-refractivity contribution is 5.67. The first-order chi connectivity index (χ1) is 9.76. The normalized spacial score (nSPS) is 19.7. The molecule has 5 heteroatoms. The lowest BCUT2D eigenvalue weighted by atomic mass is 9.98. The summed E-state index contributed by atoms with van der Waals surface area (Å²) in [7, 11) is 0. The lowest BCUT2D eigenvalue weighted by Gasteiger charge is -2.23. The minimum absolute atomic E-state index is 0.521. The fourth-order valence-electron chi connectivity index (χ4n) is 2.72. The molecule has 0 radical (unpaired) electrons. The van der Waals surface area contributed by atoms with Crippen molar-refractivity contribution in [2.75, 3.05) is 30.3 Å². The number of rotatable bonds is 5. The Hall–Kier alpha value is -1.52. The summed E-state index contributed by atoms with van der Waals surface area (Å²) in [5.74, 6) is 2.19.